The molecule has 0 aliphatic rings. The van der Waals surface area contributed by atoms with Gasteiger partial charge < -0.3 is 18.5 Å². The minimum atomic E-state index is -4.72. The molecule has 0 unspecified atom stereocenters. The van der Waals surface area contributed by atoms with Crippen LogP contribution < -0.4 is 9.47 Å². The number of nitrogens with zero attached hydrogens (tertiary/aromatic N) is 4. The van der Waals surface area contributed by atoms with Gasteiger partial charge in [-0.05, 0) is 80.5 Å². The molecule has 0 atom stereocenters. The maximum atomic E-state index is 12.3. The molecule has 0 aliphatic heterocycles. The number of ether oxygens (including phenoxy) is 2. The molecule has 2 heterocycles. The van der Waals surface area contributed by atoms with Crippen LogP contribution in [-0.2, 0) is 30.3 Å². The molecule has 0 spiro atoms. The third-order valence-electron chi connectivity index (χ3n) is 5.61. The van der Waals surface area contributed by atoms with Gasteiger partial charge in [-0.3, -0.25) is 0 Å². The second-order valence-electron chi connectivity index (χ2n) is 9.69. The van der Waals surface area contributed by atoms with Gasteiger partial charge in [0.05, 0.1) is 11.9 Å². The second kappa shape index (κ2) is 13.0. The first-order valence-corrected chi connectivity index (χ1v) is 15.4. The molecule has 0 fully saturated rings. The van der Waals surface area contributed by atoms with Gasteiger partial charge in [0.15, 0.2) is 0 Å². The van der Waals surface area contributed by atoms with Crippen LogP contribution in [0, 0.1) is 0 Å². The fraction of sp³-hybridized carbons (Fsp3) is 0.321. The molecule has 40 heavy (non-hydrogen) atoms. The Morgan fingerprint density at radius 1 is 0.950 bits per heavy atom. The lowest BCUT2D eigenvalue weighted by Gasteiger charge is -2.08. The predicted octanol–water partition coefficient (Wildman–Crippen LogP) is 7.06. The molecule has 4 rings (SSSR count). The third-order valence-corrected chi connectivity index (χ3v) is 6.55. The lowest BCUT2D eigenvalue weighted by molar-refractivity contribution is -0.274. The number of alkyl halides is 3. The number of aromatic nitrogens is 4. The summed E-state index contributed by atoms with van der Waals surface area (Å²) in [6, 6.07) is 13.4. The van der Waals surface area contributed by atoms with Crippen molar-refractivity contribution in [3.05, 3.63) is 89.4 Å². The van der Waals surface area contributed by atoms with Crippen molar-refractivity contribution in [2.75, 3.05) is 13.3 Å². The van der Waals surface area contributed by atoms with E-state index in [1.807, 2.05) is 24.3 Å². The molecule has 0 N–H and O–H groups in total. The van der Waals surface area contributed by atoms with Crippen LogP contribution in [0.2, 0.25) is 0 Å². The molecule has 0 bridgehead atoms. The SMILES string of the molecule is CP(C)(=O)Cn1ncc(CCCCc2ccc(OCc3coc(/C=C/c4ccc(OC(F)(F)F)cc4)n3)cc2)n1. The summed E-state index contributed by atoms with van der Waals surface area (Å²) < 4.78 is 63.8. The van der Waals surface area contributed by atoms with Gasteiger partial charge in [0, 0.05) is 6.08 Å². The fourth-order valence-corrected chi connectivity index (χ4v) is 4.52. The zero-order chi connectivity index (χ0) is 28.6. The first-order chi connectivity index (χ1) is 19.0. The molecular formula is C28H30F3N4O4P. The quantitative estimate of drug-likeness (QED) is 0.125. The smallest absolute Gasteiger partial charge is 0.487 e. The van der Waals surface area contributed by atoms with Gasteiger partial charge in [-0.2, -0.15) is 15.0 Å². The highest BCUT2D eigenvalue weighted by Gasteiger charge is 2.30. The van der Waals surface area contributed by atoms with Crippen LogP contribution >= 0.6 is 7.14 Å². The maximum Gasteiger partial charge on any atom is 0.573 e. The van der Waals surface area contributed by atoms with Gasteiger partial charge >= 0.3 is 6.36 Å². The molecule has 4 aromatic rings. The van der Waals surface area contributed by atoms with E-state index in [0.29, 0.717) is 29.2 Å². The zero-order valence-corrected chi connectivity index (χ0v) is 23.1. The van der Waals surface area contributed by atoms with E-state index in [4.69, 9.17) is 9.15 Å². The van der Waals surface area contributed by atoms with Gasteiger partial charge in [-0.15, -0.1) is 13.2 Å². The Morgan fingerprint density at radius 3 is 2.35 bits per heavy atom. The third kappa shape index (κ3) is 10.0. The molecule has 0 radical (unpaired) electrons. The minimum absolute atomic E-state index is 0.229. The minimum Gasteiger partial charge on any atom is -0.487 e. The average molecular weight is 575 g/mol. The van der Waals surface area contributed by atoms with Crippen LogP contribution in [0.4, 0.5) is 13.2 Å². The van der Waals surface area contributed by atoms with Gasteiger partial charge in [0.25, 0.3) is 0 Å². The Bertz CT molecular complexity index is 1440. The molecule has 212 valence electrons. The van der Waals surface area contributed by atoms with Crippen LogP contribution in [0.5, 0.6) is 11.5 Å². The molecule has 2 aromatic carbocycles. The molecular weight excluding hydrogens is 544 g/mol. The summed E-state index contributed by atoms with van der Waals surface area (Å²) in [4.78, 5) is 5.86. The standard InChI is InChI=1S/C28H30F3N4O4P/c1-40(2,36)20-35-32-17-23(34-35)6-4-3-5-21-7-12-25(13-8-21)37-18-24-19-38-27(33-24)16-11-22-9-14-26(15-10-22)39-28(29,30)31/h7-17,19H,3-6,18,20H2,1-2H3/b16-11+. The maximum absolute atomic E-state index is 12.3. The summed E-state index contributed by atoms with van der Waals surface area (Å²) in [6.07, 6.45) is 5.93. The Labute approximate surface area is 230 Å². The highest BCUT2D eigenvalue weighted by atomic mass is 31.2. The van der Waals surface area contributed by atoms with Crippen LogP contribution in [-0.4, -0.2) is 39.7 Å². The van der Waals surface area contributed by atoms with E-state index in [1.54, 1.807) is 31.7 Å². The molecule has 0 saturated carbocycles. The highest BCUT2D eigenvalue weighted by Crippen LogP contribution is 2.37. The van der Waals surface area contributed by atoms with Gasteiger partial charge in [-0.1, -0.05) is 24.3 Å². The van der Waals surface area contributed by atoms with Crippen LogP contribution in [0.3, 0.4) is 0 Å². The predicted molar refractivity (Wildman–Crippen MR) is 145 cm³/mol. The normalized spacial score (nSPS) is 12.2. The van der Waals surface area contributed by atoms with Crippen molar-refractivity contribution in [1.82, 2.24) is 20.0 Å². The molecule has 0 amide bonds. The van der Waals surface area contributed by atoms with Crippen molar-refractivity contribution >= 4 is 19.3 Å². The highest BCUT2D eigenvalue weighted by molar-refractivity contribution is 7.61. The Hall–Kier alpha value is -3.85. The van der Waals surface area contributed by atoms with E-state index in [9.17, 15) is 17.7 Å². The monoisotopic (exact) mass is 574 g/mol. The number of hydrogen-bond donors (Lipinski definition) is 0. The summed E-state index contributed by atoms with van der Waals surface area (Å²) in [7, 11) is -2.20. The number of rotatable bonds is 13. The summed E-state index contributed by atoms with van der Waals surface area (Å²) in [5.41, 5.74) is 3.40. The first kappa shape index (κ1) is 29.1. The Kier molecular flexibility index (Phi) is 9.47. The summed E-state index contributed by atoms with van der Waals surface area (Å²) in [6.45, 7) is 3.69. The lowest BCUT2D eigenvalue weighted by atomic mass is 10.1. The van der Waals surface area contributed by atoms with Crippen molar-refractivity contribution in [1.29, 1.82) is 0 Å². The van der Waals surface area contributed by atoms with E-state index in [2.05, 4.69) is 19.9 Å². The topological polar surface area (TPSA) is 92.3 Å². The van der Waals surface area contributed by atoms with Crippen molar-refractivity contribution in [3.63, 3.8) is 0 Å². The van der Waals surface area contributed by atoms with E-state index >= 15 is 0 Å². The zero-order valence-electron chi connectivity index (χ0n) is 22.2. The van der Waals surface area contributed by atoms with Crippen LogP contribution in [0.25, 0.3) is 12.2 Å². The van der Waals surface area contributed by atoms with Crippen molar-refractivity contribution in [2.45, 2.75) is 44.9 Å². The Morgan fingerprint density at radius 2 is 1.65 bits per heavy atom. The molecule has 0 aliphatic carbocycles. The van der Waals surface area contributed by atoms with Gasteiger partial charge in [-0.25, -0.2) is 4.98 Å². The van der Waals surface area contributed by atoms with E-state index in [0.717, 1.165) is 31.4 Å². The summed E-state index contributed by atoms with van der Waals surface area (Å²) in [5, 5.41) is 8.60. The van der Waals surface area contributed by atoms with Crippen LogP contribution in [0.15, 0.2) is 65.4 Å². The number of aryl methyl sites for hydroxylation is 2. The number of halogens is 3. The molecule has 2 aromatic heterocycles. The molecule has 8 nitrogen and oxygen atoms in total. The molecule has 0 saturated heterocycles. The summed E-state index contributed by atoms with van der Waals surface area (Å²) >= 11 is 0. The van der Waals surface area contributed by atoms with Gasteiger partial charge in [0.2, 0.25) is 5.89 Å². The average Bonchev–Trinajstić information content (AvgIpc) is 3.53. The van der Waals surface area contributed by atoms with Crippen molar-refractivity contribution < 1.29 is 31.6 Å². The summed E-state index contributed by atoms with van der Waals surface area (Å²) in [5.74, 6) is 0.780. The van der Waals surface area contributed by atoms with E-state index < -0.39 is 13.5 Å². The first-order valence-electron chi connectivity index (χ1n) is 12.6. The number of unbranched alkanes of at least 4 members (excludes halogenated alkanes) is 1. The number of oxazole rings is 1. The second-order valence-corrected chi connectivity index (χ2v) is 13.1. The van der Waals surface area contributed by atoms with Crippen molar-refractivity contribution in [3.8, 4) is 11.5 Å². The number of benzene rings is 2. The van der Waals surface area contributed by atoms with Crippen LogP contribution in [0.1, 0.15) is 41.2 Å². The molecule has 12 heteroatoms. The van der Waals surface area contributed by atoms with Crippen molar-refractivity contribution in [2.24, 2.45) is 0 Å². The Balaban J connectivity index is 1.17. The largest absolute Gasteiger partial charge is 0.573 e. The lowest BCUT2D eigenvalue weighted by Crippen LogP contribution is -2.16. The van der Waals surface area contributed by atoms with Gasteiger partial charge in [0.1, 0.15) is 43.5 Å². The van der Waals surface area contributed by atoms with E-state index in [-0.39, 0.29) is 12.4 Å². The number of hydrogen-bond acceptors (Lipinski definition) is 7. The fourth-order valence-electron chi connectivity index (χ4n) is 3.78. The van der Waals surface area contributed by atoms with E-state index in [1.165, 1.54) is 40.9 Å².